The molecule has 0 spiro atoms. The van der Waals surface area contributed by atoms with Crippen LogP contribution in [0.5, 0.6) is 5.75 Å². The molecule has 2 aliphatic rings. The summed E-state index contributed by atoms with van der Waals surface area (Å²) in [5.41, 5.74) is -1.20. The predicted octanol–water partition coefficient (Wildman–Crippen LogP) is 3.77. The van der Waals surface area contributed by atoms with Crippen LogP contribution in [0.1, 0.15) is 60.3 Å². The van der Waals surface area contributed by atoms with Crippen molar-refractivity contribution in [1.29, 1.82) is 0 Å². The van der Waals surface area contributed by atoms with Crippen molar-refractivity contribution in [3.63, 3.8) is 0 Å². The Balaban J connectivity index is 1.49. The first-order valence-electron chi connectivity index (χ1n) is 11.2. The van der Waals surface area contributed by atoms with Crippen LogP contribution in [0.15, 0.2) is 24.3 Å². The number of nitrogens with one attached hydrogen (secondary N) is 2. The van der Waals surface area contributed by atoms with Crippen LogP contribution in [-0.4, -0.2) is 53.0 Å². The molecule has 2 N–H and O–H groups in total. The highest BCUT2D eigenvalue weighted by atomic mass is 35.5. The fourth-order valence-electron chi connectivity index (χ4n) is 4.76. The van der Waals surface area contributed by atoms with Gasteiger partial charge in [-0.3, -0.25) is 14.5 Å². The van der Waals surface area contributed by atoms with Gasteiger partial charge in [0.1, 0.15) is 5.75 Å². The van der Waals surface area contributed by atoms with E-state index in [1.54, 1.807) is 38.1 Å². The van der Waals surface area contributed by atoms with Crippen LogP contribution in [0.4, 0.5) is 0 Å². The van der Waals surface area contributed by atoms with Gasteiger partial charge in [-0.15, -0.1) is 0 Å². The van der Waals surface area contributed by atoms with E-state index in [1.165, 1.54) is 0 Å². The first-order valence-corrected chi connectivity index (χ1v) is 11.6. The number of halogens is 1. The molecule has 2 heterocycles. The van der Waals surface area contributed by atoms with Gasteiger partial charge in [-0.1, -0.05) is 17.7 Å². The molecule has 1 aromatic carbocycles. The molecule has 0 saturated carbocycles. The molecule has 0 aromatic heterocycles. The third-order valence-electron chi connectivity index (χ3n) is 6.09. The molecule has 0 radical (unpaired) electrons. The summed E-state index contributed by atoms with van der Waals surface area (Å²) in [6.07, 6.45) is 4.27. The van der Waals surface area contributed by atoms with Gasteiger partial charge in [0.05, 0.1) is 6.54 Å². The highest BCUT2D eigenvalue weighted by molar-refractivity contribution is 6.30. The molecule has 172 valence electrons. The Bertz CT molecular complexity index is 792. The molecule has 3 atom stereocenters. The Labute approximate surface area is 191 Å². The number of amides is 2. The molecule has 6 nitrogen and oxygen atoms in total. The van der Waals surface area contributed by atoms with Gasteiger partial charge in [-0.05, 0) is 84.4 Å². The fourth-order valence-corrected chi connectivity index (χ4v) is 4.94. The molecule has 2 fully saturated rings. The number of ether oxygens (including phenoxy) is 1. The summed E-state index contributed by atoms with van der Waals surface area (Å²) in [7, 11) is 0. The number of hydrogen-bond acceptors (Lipinski definition) is 4. The van der Waals surface area contributed by atoms with Gasteiger partial charge in [0.15, 0.2) is 5.60 Å². The van der Waals surface area contributed by atoms with Gasteiger partial charge in [0, 0.05) is 29.2 Å². The summed E-state index contributed by atoms with van der Waals surface area (Å²) in [4.78, 5) is 27.5. The van der Waals surface area contributed by atoms with E-state index in [9.17, 15) is 9.59 Å². The van der Waals surface area contributed by atoms with E-state index >= 15 is 0 Å². The minimum absolute atomic E-state index is 0.0936. The van der Waals surface area contributed by atoms with Crippen molar-refractivity contribution in [2.45, 2.75) is 83.5 Å². The second-order valence-electron chi connectivity index (χ2n) is 10.5. The van der Waals surface area contributed by atoms with E-state index in [0.717, 1.165) is 25.7 Å². The Morgan fingerprint density at radius 1 is 1.13 bits per heavy atom. The second-order valence-corrected chi connectivity index (χ2v) is 10.9. The van der Waals surface area contributed by atoms with Gasteiger partial charge in [0.2, 0.25) is 5.91 Å². The molecule has 2 aliphatic heterocycles. The van der Waals surface area contributed by atoms with Crippen molar-refractivity contribution in [3.8, 4) is 5.75 Å². The second kappa shape index (κ2) is 9.37. The Morgan fingerprint density at radius 3 is 2.35 bits per heavy atom. The van der Waals surface area contributed by atoms with Gasteiger partial charge in [-0.2, -0.15) is 0 Å². The minimum atomic E-state index is -0.991. The zero-order chi connectivity index (χ0) is 22.8. The average Bonchev–Trinajstić information content (AvgIpc) is 2.86. The van der Waals surface area contributed by atoms with Gasteiger partial charge in [0.25, 0.3) is 5.91 Å². The van der Waals surface area contributed by atoms with Crippen molar-refractivity contribution in [1.82, 2.24) is 15.5 Å². The molecule has 2 amide bonds. The van der Waals surface area contributed by atoms with Crippen LogP contribution in [-0.2, 0) is 9.59 Å². The van der Waals surface area contributed by atoms with Crippen molar-refractivity contribution in [2.24, 2.45) is 5.92 Å². The zero-order valence-electron chi connectivity index (χ0n) is 19.3. The predicted molar refractivity (Wildman–Crippen MR) is 123 cm³/mol. The van der Waals surface area contributed by atoms with Crippen molar-refractivity contribution >= 4 is 23.4 Å². The lowest BCUT2D eigenvalue weighted by molar-refractivity contribution is -0.134. The number of hydrogen-bond donors (Lipinski definition) is 2. The zero-order valence-corrected chi connectivity index (χ0v) is 20.1. The molecular formula is C24H36ClN3O3. The first-order chi connectivity index (χ1) is 14.4. The van der Waals surface area contributed by atoms with Crippen LogP contribution in [0, 0.1) is 5.92 Å². The van der Waals surface area contributed by atoms with Crippen molar-refractivity contribution in [3.05, 3.63) is 29.3 Å². The quantitative estimate of drug-likeness (QED) is 0.664. The highest BCUT2D eigenvalue weighted by Gasteiger charge is 2.42. The standard InChI is InChI=1S/C24H36ClN3O3/c1-23(2,3)27-21(29)15-28-18-9-10-19(28)12-16(11-18)14-26-22(30)24(4,5)31-20-8-6-7-17(25)13-20/h6-8,13,16,18-19H,9-12,14-15H2,1-5H3,(H,26,30)(H,27,29)/t16-,18-,19+. The number of rotatable bonds is 7. The third-order valence-corrected chi connectivity index (χ3v) is 6.32. The van der Waals surface area contributed by atoms with E-state index in [4.69, 9.17) is 16.3 Å². The summed E-state index contributed by atoms with van der Waals surface area (Å²) in [6, 6.07) is 7.92. The summed E-state index contributed by atoms with van der Waals surface area (Å²) in [5.74, 6) is 0.959. The third kappa shape index (κ3) is 6.59. The average molecular weight is 450 g/mol. The number of piperidine rings is 1. The van der Waals surface area contributed by atoms with Crippen molar-refractivity contribution < 1.29 is 14.3 Å². The van der Waals surface area contributed by atoms with Gasteiger partial charge in [-0.25, -0.2) is 0 Å². The van der Waals surface area contributed by atoms with Gasteiger partial charge < -0.3 is 15.4 Å². The summed E-state index contributed by atoms with van der Waals surface area (Å²) < 4.78 is 5.89. The van der Waals surface area contributed by atoms with Crippen LogP contribution in [0.25, 0.3) is 0 Å². The number of carbonyl (C=O) groups excluding carboxylic acids is 2. The minimum Gasteiger partial charge on any atom is -0.478 e. The maximum atomic E-state index is 12.8. The van der Waals surface area contributed by atoms with E-state index in [-0.39, 0.29) is 17.4 Å². The maximum Gasteiger partial charge on any atom is 0.263 e. The van der Waals surface area contributed by atoms with E-state index in [2.05, 4.69) is 15.5 Å². The van der Waals surface area contributed by atoms with E-state index in [1.807, 2.05) is 20.8 Å². The van der Waals surface area contributed by atoms with Crippen molar-refractivity contribution in [2.75, 3.05) is 13.1 Å². The Hall–Kier alpha value is -1.79. The maximum absolute atomic E-state index is 12.8. The first kappa shape index (κ1) is 23.9. The van der Waals surface area contributed by atoms with Crippen LogP contribution < -0.4 is 15.4 Å². The van der Waals surface area contributed by atoms with Crippen LogP contribution in [0.2, 0.25) is 5.02 Å². The number of nitrogens with zero attached hydrogens (tertiary/aromatic N) is 1. The Morgan fingerprint density at radius 2 is 1.77 bits per heavy atom. The fraction of sp³-hybridized carbons (Fsp3) is 0.667. The lowest BCUT2D eigenvalue weighted by atomic mass is 9.90. The molecule has 2 bridgehead atoms. The smallest absolute Gasteiger partial charge is 0.263 e. The molecule has 3 rings (SSSR count). The van der Waals surface area contributed by atoms with E-state index in [0.29, 0.717) is 41.9 Å². The SMILES string of the molecule is CC(C)(C)NC(=O)CN1[C@@H]2CC[C@H]1C[C@H](CNC(=O)C(C)(C)Oc1cccc(Cl)c1)C2. The number of carbonyl (C=O) groups is 2. The number of fused-ring (bicyclic) bond motifs is 2. The van der Waals surface area contributed by atoms with Crippen LogP contribution in [0.3, 0.4) is 0 Å². The van der Waals surface area contributed by atoms with Gasteiger partial charge >= 0.3 is 0 Å². The topological polar surface area (TPSA) is 70.7 Å². The molecular weight excluding hydrogens is 414 g/mol. The lowest BCUT2D eigenvalue weighted by Crippen LogP contribution is -2.53. The molecule has 31 heavy (non-hydrogen) atoms. The summed E-state index contributed by atoms with van der Waals surface area (Å²) in [5, 5.41) is 6.73. The normalized spacial score (nSPS) is 24.0. The molecule has 1 aromatic rings. The number of benzene rings is 1. The largest absolute Gasteiger partial charge is 0.478 e. The lowest BCUT2D eigenvalue weighted by Gasteiger charge is -2.39. The molecule has 2 saturated heterocycles. The monoisotopic (exact) mass is 449 g/mol. The molecule has 0 unspecified atom stereocenters. The van der Waals surface area contributed by atoms with E-state index < -0.39 is 5.60 Å². The Kier molecular flexibility index (Phi) is 7.21. The highest BCUT2D eigenvalue weighted by Crippen LogP contribution is 2.38. The molecule has 7 heteroatoms. The molecule has 0 aliphatic carbocycles. The summed E-state index contributed by atoms with van der Waals surface area (Å²) >= 11 is 6.01. The van der Waals surface area contributed by atoms with Crippen LogP contribution >= 0.6 is 11.6 Å². The summed E-state index contributed by atoms with van der Waals surface area (Å²) in [6.45, 7) is 10.7.